The first-order valence-electron chi connectivity index (χ1n) is 7.90. The SMILES string of the molecule is CC(C)(C)OC(=O)N1C2C=C(c3ccccc3F)CC1COC2. The third-order valence-corrected chi connectivity index (χ3v) is 4.02. The van der Waals surface area contributed by atoms with Crippen molar-refractivity contribution in [2.75, 3.05) is 13.2 Å². The number of ether oxygens (including phenoxy) is 2. The summed E-state index contributed by atoms with van der Waals surface area (Å²) in [6.45, 7) is 6.40. The van der Waals surface area contributed by atoms with Crippen molar-refractivity contribution in [3.63, 3.8) is 0 Å². The average molecular weight is 319 g/mol. The molecule has 23 heavy (non-hydrogen) atoms. The largest absolute Gasteiger partial charge is 0.444 e. The minimum absolute atomic E-state index is 0.122. The molecule has 3 rings (SSSR count). The highest BCUT2D eigenvalue weighted by Gasteiger charge is 2.40. The van der Waals surface area contributed by atoms with Crippen molar-refractivity contribution in [3.8, 4) is 0 Å². The van der Waals surface area contributed by atoms with Gasteiger partial charge in [0.25, 0.3) is 0 Å². The fraction of sp³-hybridized carbons (Fsp3) is 0.500. The van der Waals surface area contributed by atoms with Crippen molar-refractivity contribution in [3.05, 3.63) is 41.7 Å². The minimum atomic E-state index is -0.540. The van der Waals surface area contributed by atoms with E-state index in [9.17, 15) is 9.18 Å². The Labute approximate surface area is 135 Å². The summed E-state index contributed by atoms with van der Waals surface area (Å²) in [5.41, 5.74) is 0.997. The summed E-state index contributed by atoms with van der Waals surface area (Å²) in [6, 6.07) is 6.41. The van der Waals surface area contributed by atoms with E-state index in [1.54, 1.807) is 17.0 Å². The predicted molar refractivity (Wildman–Crippen MR) is 85.5 cm³/mol. The number of rotatable bonds is 1. The first-order chi connectivity index (χ1) is 10.8. The lowest BCUT2D eigenvalue weighted by atomic mass is 9.90. The molecule has 0 spiro atoms. The zero-order valence-corrected chi connectivity index (χ0v) is 13.7. The van der Waals surface area contributed by atoms with Gasteiger partial charge in [-0.05, 0) is 38.8 Å². The topological polar surface area (TPSA) is 38.8 Å². The van der Waals surface area contributed by atoms with Crippen LogP contribution in [0.3, 0.4) is 0 Å². The van der Waals surface area contributed by atoms with Crippen LogP contribution in [0.5, 0.6) is 0 Å². The summed E-state index contributed by atoms with van der Waals surface area (Å²) in [7, 11) is 0. The number of carbonyl (C=O) groups excluding carboxylic acids is 1. The van der Waals surface area contributed by atoms with Gasteiger partial charge in [0.15, 0.2) is 0 Å². The van der Waals surface area contributed by atoms with Crippen molar-refractivity contribution in [1.82, 2.24) is 4.90 Å². The van der Waals surface area contributed by atoms with Gasteiger partial charge in [-0.25, -0.2) is 9.18 Å². The second-order valence-electron chi connectivity index (χ2n) is 7.02. The maximum absolute atomic E-state index is 14.1. The summed E-state index contributed by atoms with van der Waals surface area (Å²) < 4.78 is 25.1. The highest BCUT2D eigenvalue weighted by atomic mass is 19.1. The summed E-state index contributed by atoms with van der Waals surface area (Å²) in [5, 5.41) is 0. The number of hydrogen-bond acceptors (Lipinski definition) is 3. The monoisotopic (exact) mass is 319 g/mol. The Hall–Kier alpha value is -1.88. The molecule has 2 heterocycles. The fourth-order valence-electron chi connectivity index (χ4n) is 3.12. The minimum Gasteiger partial charge on any atom is -0.444 e. The quantitative estimate of drug-likeness (QED) is 0.793. The molecule has 1 aromatic carbocycles. The van der Waals surface area contributed by atoms with Crippen LogP contribution in [0.15, 0.2) is 30.3 Å². The maximum Gasteiger partial charge on any atom is 0.411 e. The third kappa shape index (κ3) is 3.39. The maximum atomic E-state index is 14.1. The van der Waals surface area contributed by atoms with Crippen LogP contribution >= 0.6 is 0 Å². The summed E-state index contributed by atoms with van der Waals surface area (Å²) >= 11 is 0. The van der Waals surface area contributed by atoms with Gasteiger partial charge in [0, 0.05) is 5.56 Å². The van der Waals surface area contributed by atoms with Crippen LogP contribution in [0.2, 0.25) is 0 Å². The number of fused-ring (bicyclic) bond motifs is 2. The molecule has 1 fully saturated rings. The standard InChI is InChI=1S/C18H22FNO3/c1-18(2,3)23-17(21)20-13-8-12(9-14(20)11-22-10-13)15-6-4-5-7-16(15)19/h4-8,13-14H,9-11H2,1-3H3. The van der Waals surface area contributed by atoms with Gasteiger partial charge in [0.1, 0.15) is 11.4 Å². The molecule has 124 valence electrons. The van der Waals surface area contributed by atoms with Crippen LogP contribution in [-0.4, -0.2) is 41.9 Å². The molecule has 1 amide bonds. The van der Waals surface area contributed by atoms with E-state index in [2.05, 4.69) is 0 Å². The summed E-state index contributed by atoms with van der Waals surface area (Å²) in [5.74, 6) is -0.233. The second-order valence-corrected chi connectivity index (χ2v) is 7.02. The lowest BCUT2D eigenvalue weighted by Gasteiger charge is -2.44. The van der Waals surface area contributed by atoms with E-state index in [0.717, 1.165) is 5.57 Å². The van der Waals surface area contributed by atoms with E-state index in [-0.39, 0.29) is 24.0 Å². The van der Waals surface area contributed by atoms with E-state index < -0.39 is 5.60 Å². The number of nitrogens with zero attached hydrogens (tertiary/aromatic N) is 1. The molecule has 2 aliphatic rings. The zero-order valence-electron chi connectivity index (χ0n) is 13.7. The Bertz CT molecular complexity index is 635. The fourth-order valence-corrected chi connectivity index (χ4v) is 3.12. The van der Waals surface area contributed by atoms with Crippen molar-refractivity contribution in [2.45, 2.75) is 44.9 Å². The van der Waals surface area contributed by atoms with Gasteiger partial charge in [-0.1, -0.05) is 24.3 Å². The van der Waals surface area contributed by atoms with Crippen LogP contribution in [0.25, 0.3) is 5.57 Å². The van der Waals surface area contributed by atoms with Crippen molar-refractivity contribution in [2.24, 2.45) is 0 Å². The van der Waals surface area contributed by atoms with Gasteiger partial charge >= 0.3 is 6.09 Å². The van der Waals surface area contributed by atoms with Gasteiger partial charge in [0.05, 0.1) is 25.3 Å². The average Bonchev–Trinajstić information content (AvgIpc) is 2.44. The van der Waals surface area contributed by atoms with Crippen LogP contribution in [-0.2, 0) is 9.47 Å². The van der Waals surface area contributed by atoms with Crippen LogP contribution in [0, 0.1) is 5.82 Å². The molecule has 0 aliphatic carbocycles. The molecule has 5 heteroatoms. The van der Waals surface area contributed by atoms with E-state index in [1.807, 2.05) is 32.9 Å². The predicted octanol–water partition coefficient (Wildman–Crippen LogP) is 3.62. The lowest BCUT2D eigenvalue weighted by molar-refractivity contribution is -0.0510. The molecule has 0 saturated carbocycles. The molecule has 2 aliphatic heterocycles. The van der Waals surface area contributed by atoms with Crippen molar-refractivity contribution in [1.29, 1.82) is 0 Å². The molecule has 1 aromatic rings. The lowest BCUT2D eigenvalue weighted by Crippen LogP contribution is -2.57. The Morgan fingerprint density at radius 3 is 2.70 bits per heavy atom. The highest BCUT2D eigenvalue weighted by molar-refractivity contribution is 5.75. The molecule has 1 saturated heterocycles. The van der Waals surface area contributed by atoms with Crippen LogP contribution < -0.4 is 0 Å². The molecule has 2 atom stereocenters. The zero-order chi connectivity index (χ0) is 16.6. The molecule has 2 bridgehead atoms. The molecule has 0 radical (unpaired) electrons. The number of hydrogen-bond donors (Lipinski definition) is 0. The van der Waals surface area contributed by atoms with Gasteiger partial charge in [0.2, 0.25) is 0 Å². The molecular formula is C18H22FNO3. The number of benzene rings is 1. The second kappa shape index (κ2) is 5.96. The first-order valence-corrected chi connectivity index (χ1v) is 7.90. The Morgan fingerprint density at radius 2 is 2.04 bits per heavy atom. The Kier molecular flexibility index (Phi) is 4.15. The summed E-state index contributed by atoms with van der Waals surface area (Å²) in [4.78, 5) is 14.2. The van der Waals surface area contributed by atoms with E-state index in [1.165, 1.54) is 6.07 Å². The van der Waals surface area contributed by atoms with Gasteiger partial charge < -0.3 is 9.47 Å². The third-order valence-electron chi connectivity index (χ3n) is 4.02. The number of carbonyl (C=O) groups is 1. The van der Waals surface area contributed by atoms with E-state index >= 15 is 0 Å². The molecular weight excluding hydrogens is 297 g/mol. The Morgan fingerprint density at radius 1 is 1.30 bits per heavy atom. The van der Waals surface area contributed by atoms with Gasteiger partial charge in [-0.3, -0.25) is 4.90 Å². The molecule has 0 N–H and O–H groups in total. The van der Waals surface area contributed by atoms with Crippen LogP contribution in [0.1, 0.15) is 32.8 Å². The summed E-state index contributed by atoms with van der Waals surface area (Å²) in [6.07, 6.45) is 2.16. The normalized spacial score (nSPS) is 24.2. The Balaban J connectivity index is 1.88. The number of halogens is 1. The number of amides is 1. The van der Waals surface area contributed by atoms with Crippen molar-refractivity contribution >= 4 is 11.7 Å². The van der Waals surface area contributed by atoms with E-state index in [4.69, 9.17) is 9.47 Å². The number of morpholine rings is 1. The van der Waals surface area contributed by atoms with Gasteiger partial charge in [-0.15, -0.1) is 0 Å². The van der Waals surface area contributed by atoms with E-state index in [0.29, 0.717) is 25.2 Å². The molecule has 2 unspecified atom stereocenters. The highest BCUT2D eigenvalue weighted by Crippen LogP contribution is 2.34. The molecule has 4 nitrogen and oxygen atoms in total. The molecule has 0 aromatic heterocycles. The van der Waals surface area contributed by atoms with Crippen molar-refractivity contribution < 1.29 is 18.7 Å². The first kappa shape index (κ1) is 16.0. The smallest absolute Gasteiger partial charge is 0.411 e. The van der Waals surface area contributed by atoms with Gasteiger partial charge in [-0.2, -0.15) is 0 Å². The van der Waals surface area contributed by atoms with Crippen LogP contribution in [0.4, 0.5) is 9.18 Å².